The van der Waals surface area contributed by atoms with Crippen LogP contribution in [-0.4, -0.2) is 0 Å². The number of hydrogen-bond acceptors (Lipinski definition) is 0. The van der Waals surface area contributed by atoms with Crippen molar-refractivity contribution < 1.29 is 59.4 Å². The van der Waals surface area contributed by atoms with Crippen LogP contribution in [0.4, 0.5) is 0 Å². The summed E-state index contributed by atoms with van der Waals surface area (Å²) < 4.78 is 0. The fraction of sp³-hybridized carbons (Fsp3) is 0. The molecule has 0 nitrogen and oxygen atoms in total. The maximum absolute atomic E-state index is 4.92. The predicted octanol–water partition coefficient (Wildman–Crippen LogP) is 2.07. The van der Waals surface area contributed by atoms with E-state index in [1.807, 2.05) is 0 Å². The van der Waals surface area contributed by atoms with Crippen LogP contribution in [0, 0.1) is 26.7 Å². The minimum atomic E-state index is -1.53. The van der Waals surface area contributed by atoms with Gasteiger partial charge in [-0.3, -0.25) is 0 Å². The van der Waals surface area contributed by atoms with Gasteiger partial charge in [-0.1, -0.05) is 0 Å². The molecule has 0 fully saturated rings. The second kappa shape index (κ2) is 7.21. The van der Waals surface area contributed by atoms with E-state index in [-0.39, 0.29) is 32.7 Å². The summed E-state index contributed by atoms with van der Waals surface area (Å²) >= 11 is -1.53. The summed E-state index contributed by atoms with van der Waals surface area (Å²) in [5.74, 6) is 0. The van der Waals surface area contributed by atoms with E-state index < -0.39 is 26.7 Å². The molecule has 0 saturated heterocycles. The Morgan fingerprint density at radius 1 is 1.00 bits per heavy atom. The Morgan fingerprint density at radius 3 is 1.00 bits per heavy atom. The summed E-state index contributed by atoms with van der Waals surface area (Å²) in [6, 6.07) is 0. The number of halogens is 3. The molecule has 0 atom stereocenters. The van der Waals surface area contributed by atoms with Gasteiger partial charge in [-0.05, 0) is 0 Å². The second-order valence-electron chi connectivity index (χ2n) is 0.111. The van der Waals surface area contributed by atoms with E-state index in [1.165, 1.54) is 0 Å². The maximum Gasteiger partial charge on any atom is 0 e. The van der Waals surface area contributed by atoms with Gasteiger partial charge in [-0.15, -0.1) is 0 Å². The fourth-order valence-corrected chi connectivity index (χ4v) is 0. The van der Waals surface area contributed by atoms with Crippen LogP contribution in [0.2, 0.25) is 0 Å². The van der Waals surface area contributed by atoms with Crippen LogP contribution >= 0.6 is 19.7 Å². The van der Waals surface area contributed by atoms with Gasteiger partial charge in [-0.25, -0.2) is 0 Å². The molecule has 0 heterocycles. The molecule has 0 saturated carbocycles. The van der Waals surface area contributed by atoms with Crippen molar-refractivity contribution in [1.82, 2.24) is 0 Å². The molecule has 1 radical (unpaired) electrons. The van der Waals surface area contributed by atoms with Crippen molar-refractivity contribution in [2.24, 2.45) is 0 Å². The van der Waals surface area contributed by atoms with E-state index in [0.717, 1.165) is 0 Å². The Balaban J connectivity index is 0. The molecule has 0 aliphatic heterocycles. The smallest absolute Gasteiger partial charge is 0 e. The van der Waals surface area contributed by atoms with Crippen molar-refractivity contribution in [1.29, 1.82) is 0 Å². The van der Waals surface area contributed by atoms with E-state index in [4.69, 9.17) is 19.7 Å². The topological polar surface area (TPSA) is 0 Å². The summed E-state index contributed by atoms with van der Waals surface area (Å²) in [5, 5.41) is 0. The first-order chi connectivity index (χ1) is 1.73. The van der Waals surface area contributed by atoms with Crippen LogP contribution in [0.1, 0.15) is 0 Å². The zero-order valence-electron chi connectivity index (χ0n) is 1.97. The number of rotatable bonds is 0. The molecule has 0 N–H and O–H groups in total. The average Bonchev–Trinajstić information content (AvgIpc) is 0.811. The Labute approximate surface area is 76.8 Å². The fourth-order valence-electron chi connectivity index (χ4n) is 0. The molecular formula is Cl3LuY. The summed E-state index contributed by atoms with van der Waals surface area (Å²) in [4.78, 5) is 0. The molecule has 0 aromatic carbocycles. The van der Waals surface area contributed by atoms with Gasteiger partial charge >= 0.3 is 46.3 Å². The maximum atomic E-state index is 4.92. The summed E-state index contributed by atoms with van der Waals surface area (Å²) in [7, 11) is 0. The zero-order chi connectivity index (χ0) is 3.58. The molecule has 0 aromatic rings. The zero-order valence-corrected chi connectivity index (χ0v) is 8.73. The van der Waals surface area contributed by atoms with Gasteiger partial charge in [0.15, 0.2) is 0 Å². The Bertz CT molecular complexity index is 11.6. The first-order valence-corrected chi connectivity index (χ1v) is 6.51. The molecule has 39 valence electrons. The molecule has 0 rings (SSSR count). The molecular weight excluding hydrogens is 370 g/mol. The monoisotopic (exact) mass is 369 g/mol. The van der Waals surface area contributed by atoms with Crippen LogP contribution in [0.25, 0.3) is 0 Å². The normalized spacial score (nSPS) is 9.00. The molecule has 0 spiro atoms. The van der Waals surface area contributed by atoms with Gasteiger partial charge in [0, 0.05) is 32.7 Å². The van der Waals surface area contributed by atoms with Crippen molar-refractivity contribution in [3.63, 3.8) is 0 Å². The third kappa shape index (κ3) is 19.0. The van der Waals surface area contributed by atoms with E-state index in [0.29, 0.717) is 0 Å². The Morgan fingerprint density at radius 2 is 1.00 bits per heavy atom. The van der Waals surface area contributed by atoms with Gasteiger partial charge in [0.1, 0.15) is 0 Å². The van der Waals surface area contributed by atoms with Gasteiger partial charge in [0.2, 0.25) is 0 Å². The van der Waals surface area contributed by atoms with E-state index in [1.54, 1.807) is 0 Å². The van der Waals surface area contributed by atoms with Crippen LogP contribution in [0.5, 0.6) is 0 Å². The summed E-state index contributed by atoms with van der Waals surface area (Å²) in [5.41, 5.74) is 0. The van der Waals surface area contributed by atoms with Crippen LogP contribution in [-0.2, 0) is 32.7 Å². The van der Waals surface area contributed by atoms with Crippen molar-refractivity contribution in [2.45, 2.75) is 0 Å². The summed E-state index contributed by atoms with van der Waals surface area (Å²) in [6.07, 6.45) is 0. The minimum Gasteiger partial charge on any atom is 0 e. The van der Waals surface area contributed by atoms with Gasteiger partial charge in [-0.2, -0.15) is 0 Å². The third-order valence-electron chi connectivity index (χ3n) is 0. The molecule has 5 heteroatoms. The van der Waals surface area contributed by atoms with Crippen LogP contribution in [0.3, 0.4) is 0 Å². The Hall–Kier alpha value is 3.21. The largest absolute Gasteiger partial charge is 0 e. The van der Waals surface area contributed by atoms with E-state index >= 15 is 0 Å². The second-order valence-corrected chi connectivity index (χ2v) is 7.39. The van der Waals surface area contributed by atoms with Gasteiger partial charge < -0.3 is 0 Å². The predicted molar refractivity (Wildman–Crippen MR) is 17.6 cm³/mol. The van der Waals surface area contributed by atoms with Crippen molar-refractivity contribution >= 4 is 19.7 Å². The molecule has 0 aliphatic carbocycles. The quantitative estimate of drug-likeness (QED) is 0.613. The first kappa shape index (κ1) is 11.1. The number of hydrogen-bond donors (Lipinski definition) is 0. The van der Waals surface area contributed by atoms with Gasteiger partial charge in [0.25, 0.3) is 0 Å². The van der Waals surface area contributed by atoms with Crippen molar-refractivity contribution in [3.05, 3.63) is 0 Å². The molecule has 0 aliphatic rings. The van der Waals surface area contributed by atoms with Crippen molar-refractivity contribution in [2.75, 3.05) is 0 Å². The minimum absolute atomic E-state index is 0. The van der Waals surface area contributed by atoms with E-state index in [2.05, 4.69) is 0 Å². The first-order valence-electron chi connectivity index (χ1n) is 0.293. The average molecular weight is 370 g/mol. The SMILES string of the molecule is [Cl][Lu]([Cl])[Cl].[Y]. The molecule has 0 unspecified atom stereocenters. The third-order valence-corrected chi connectivity index (χ3v) is 0. The summed E-state index contributed by atoms with van der Waals surface area (Å²) in [6.45, 7) is 14.7. The van der Waals surface area contributed by atoms with E-state index in [9.17, 15) is 0 Å². The van der Waals surface area contributed by atoms with Crippen molar-refractivity contribution in [3.8, 4) is 0 Å². The van der Waals surface area contributed by atoms with Crippen LogP contribution in [0.15, 0.2) is 0 Å². The molecule has 0 bridgehead atoms. The molecule has 0 aromatic heterocycles. The standard InChI is InChI=1S/3ClH.Lu.Y/h3*1H;;/q;;;+3;/p-3. The van der Waals surface area contributed by atoms with Crippen LogP contribution < -0.4 is 0 Å². The Kier molecular flexibility index (Phi) is 16.0. The molecule has 0 amide bonds. The molecule has 5 heavy (non-hydrogen) atoms. The van der Waals surface area contributed by atoms with Gasteiger partial charge in [0.05, 0.1) is 0 Å².